The van der Waals surface area contributed by atoms with E-state index in [0.29, 0.717) is 6.61 Å². The predicted molar refractivity (Wildman–Crippen MR) is 94.9 cm³/mol. The third-order valence-corrected chi connectivity index (χ3v) is 14.0. The van der Waals surface area contributed by atoms with Gasteiger partial charge in [-0.15, -0.1) is 0 Å². The van der Waals surface area contributed by atoms with Gasteiger partial charge in [0.1, 0.15) is 0 Å². The van der Waals surface area contributed by atoms with Crippen molar-refractivity contribution < 1.29 is 17.9 Å². The van der Waals surface area contributed by atoms with Crippen LogP contribution in [0.5, 0.6) is 0 Å². The quantitative estimate of drug-likeness (QED) is 0.391. The summed E-state index contributed by atoms with van der Waals surface area (Å²) in [5.41, 5.74) is 0. The first-order chi connectivity index (χ1) is 9.88. The molecule has 0 rings (SSSR count). The first-order valence-corrected chi connectivity index (χ1v) is 12.8. The summed E-state index contributed by atoms with van der Waals surface area (Å²) < 4.78 is 29.9. The third-order valence-electron chi connectivity index (χ3n) is 4.00. The van der Waals surface area contributed by atoms with Gasteiger partial charge < -0.3 is 0 Å². The molecule has 0 fully saturated rings. The molecule has 0 aromatic rings. The van der Waals surface area contributed by atoms with Crippen LogP contribution in [-0.4, -0.2) is 38.4 Å². The van der Waals surface area contributed by atoms with E-state index in [-0.39, 0.29) is 0 Å². The number of phosphoric ester groups is 1. The molecule has 21 heavy (non-hydrogen) atoms. The summed E-state index contributed by atoms with van der Waals surface area (Å²) in [6.07, 6.45) is 8.26. The second-order valence-corrected chi connectivity index (χ2v) is 13.6. The van der Waals surface area contributed by atoms with Gasteiger partial charge in [0.05, 0.1) is 0 Å². The van der Waals surface area contributed by atoms with Gasteiger partial charge in [0, 0.05) is 0 Å². The Bertz CT molecular complexity index is 298. The fourth-order valence-electron chi connectivity index (χ4n) is 3.65. The minimum absolute atomic E-state index is 0.341. The molecule has 1 unspecified atom stereocenters. The molecule has 0 radical (unpaired) electrons. The van der Waals surface area contributed by atoms with Crippen molar-refractivity contribution in [2.75, 3.05) is 38.4 Å². The van der Waals surface area contributed by atoms with Crippen molar-refractivity contribution in [3.05, 3.63) is 0 Å². The molecular formula is C15H36O4P2. The van der Waals surface area contributed by atoms with Crippen molar-refractivity contribution in [3.8, 4) is 0 Å². The summed E-state index contributed by atoms with van der Waals surface area (Å²) in [5.74, 6) is 0. The van der Waals surface area contributed by atoms with Crippen molar-refractivity contribution in [2.45, 2.75) is 60.3 Å². The second-order valence-electron chi connectivity index (χ2n) is 5.88. The molecule has 4 nitrogen and oxygen atoms in total. The summed E-state index contributed by atoms with van der Waals surface area (Å²) in [7, 11) is -2.02. The molecule has 0 aliphatic carbocycles. The zero-order valence-corrected chi connectivity index (χ0v) is 16.7. The topological polar surface area (TPSA) is 44.8 Å². The van der Waals surface area contributed by atoms with E-state index in [2.05, 4.69) is 27.7 Å². The van der Waals surface area contributed by atoms with Crippen LogP contribution in [0.25, 0.3) is 0 Å². The van der Waals surface area contributed by atoms with Crippen LogP contribution in [0.2, 0.25) is 0 Å². The molecule has 0 N–H and O–H groups in total. The Labute approximate surface area is 131 Å². The van der Waals surface area contributed by atoms with E-state index >= 15 is 0 Å². The molecule has 0 heterocycles. The minimum atomic E-state index is -3.45. The van der Waals surface area contributed by atoms with Crippen LogP contribution in [0.4, 0.5) is 0 Å². The Kier molecular flexibility index (Phi) is 9.88. The van der Waals surface area contributed by atoms with E-state index in [1.807, 2.05) is 6.92 Å². The average Bonchev–Trinajstić information content (AvgIpc) is 2.40. The molecule has 0 saturated heterocycles. The van der Waals surface area contributed by atoms with Gasteiger partial charge in [0.15, 0.2) is 0 Å². The Morgan fingerprint density at radius 1 is 0.810 bits per heavy atom. The molecule has 1 atom stereocenters. The summed E-state index contributed by atoms with van der Waals surface area (Å²) in [6.45, 7) is 8.36. The molecule has 130 valence electrons. The van der Waals surface area contributed by atoms with Gasteiger partial charge in [0.25, 0.3) is 0 Å². The average molecular weight is 342 g/mol. The van der Waals surface area contributed by atoms with Crippen LogP contribution < -0.4 is 0 Å². The Morgan fingerprint density at radius 2 is 1.19 bits per heavy atom. The van der Waals surface area contributed by atoms with Crippen LogP contribution in [0.3, 0.4) is 0 Å². The molecule has 0 bridgehead atoms. The fraction of sp³-hybridized carbons (Fsp3) is 1.00. The standard InChI is InChI=1S/C15H36O4P2/c1-7-12-21(13-8-2,14-9-3,15-10-4)19-20(16,17-6)18-11-5/h7-15H2,1-6H3. The molecule has 0 aliphatic heterocycles. The Morgan fingerprint density at radius 3 is 1.43 bits per heavy atom. The van der Waals surface area contributed by atoms with Gasteiger partial charge in [-0.05, 0) is 0 Å². The van der Waals surface area contributed by atoms with Crippen LogP contribution >= 0.6 is 14.7 Å². The van der Waals surface area contributed by atoms with Gasteiger partial charge in [-0.3, -0.25) is 0 Å². The van der Waals surface area contributed by atoms with Crippen LogP contribution in [0.15, 0.2) is 0 Å². The molecule has 0 spiro atoms. The molecule has 0 aliphatic rings. The van der Waals surface area contributed by atoms with Gasteiger partial charge >= 0.3 is 131 Å². The zero-order valence-electron chi connectivity index (χ0n) is 14.9. The number of phosphoric acid groups is 1. The number of hydrogen-bond acceptors (Lipinski definition) is 4. The van der Waals surface area contributed by atoms with Gasteiger partial charge in [-0.1, -0.05) is 0 Å². The monoisotopic (exact) mass is 342 g/mol. The normalized spacial score (nSPS) is 17.1. The Hall–Kier alpha value is 0.540. The van der Waals surface area contributed by atoms with Crippen LogP contribution in [0, 0.1) is 0 Å². The van der Waals surface area contributed by atoms with Crippen molar-refractivity contribution in [1.29, 1.82) is 0 Å². The van der Waals surface area contributed by atoms with Crippen molar-refractivity contribution in [3.63, 3.8) is 0 Å². The Balaban J connectivity index is 5.76. The van der Waals surface area contributed by atoms with E-state index in [1.165, 1.54) is 7.11 Å². The van der Waals surface area contributed by atoms with Crippen molar-refractivity contribution >= 4 is 14.7 Å². The maximum absolute atomic E-state index is 12.9. The zero-order chi connectivity index (χ0) is 16.4. The fourth-order valence-corrected chi connectivity index (χ4v) is 14.0. The van der Waals surface area contributed by atoms with Crippen molar-refractivity contribution in [2.24, 2.45) is 0 Å². The first-order valence-electron chi connectivity index (χ1n) is 8.41. The molecule has 0 amide bonds. The number of hydrogen-bond donors (Lipinski definition) is 0. The maximum atomic E-state index is 12.9. The van der Waals surface area contributed by atoms with E-state index in [0.717, 1.165) is 50.3 Å². The summed E-state index contributed by atoms with van der Waals surface area (Å²) in [4.78, 5) is 0. The van der Waals surface area contributed by atoms with E-state index in [4.69, 9.17) is 13.4 Å². The summed E-state index contributed by atoms with van der Waals surface area (Å²) in [6, 6.07) is 0. The van der Waals surface area contributed by atoms with E-state index < -0.39 is 14.7 Å². The summed E-state index contributed by atoms with van der Waals surface area (Å²) in [5, 5.41) is 0. The molecule has 6 heteroatoms. The molecule has 0 aromatic carbocycles. The van der Waals surface area contributed by atoms with Gasteiger partial charge in [-0.25, -0.2) is 0 Å². The van der Waals surface area contributed by atoms with Gasteiger partial charge in [-0.2, -0.15) is 0 Å². The van der Waals surface area contributed by atoms with Crippen LogP contribution in [0.1, 0.15) is 60.3 Å². The van der Waals surface area contributed by atoms with Gasteiger partial charge in [0.2, 0.25) is 0 Å². The predicted octanol–water partition coefficient (Wildman–Crippen LogP) is 5.90. The van der Waals surface area contributed by atoms with E-state index in [9.17, 15) is 4.57 Å². The molecule has 0 aromatic heterocycles. The van der Waals surface area contributed by atoms with Crippen molar-refractivity contribution in [1.82, 2.24) is 0 Å². The SMILES string of the molecule is CCCP(CCC)(CCC)(CCC)OP(=O)(OC)OCC. The third kappa shape index (κ3) is 5.92. The second kappa shape index (κ2) is 9.63. The number of rotatable bonds is 13. The van der Waals surface area contributed by atoms with Crippen LogP contribution in [-0.2, 0) is 17.9 Å². The molecule has 0 saturated carbocycles. The molecular weight excluding hydrogens is 306 g/mol. The first kappa shape index (κ1) is 21.5. The summed E-state index contributed by atoms with van der Waals surface area (Å²) >= 11 is 0. The van der Waals surface area contributed by atoms with E-state index in [1.54, 1.807) is 0 Å².